The SMILES string of the molecule is CC(CN1CCCC1)NS(=O)(=O)c1cc(CN)oc1Br. The largest absolute Gasteiger partial charge is 0.452 e. The van der Waals surface area contributed by atoms with Gasteiger partial charge in [-0.2, -0.15) is 0 Å². The van der Waals surface area contributed by atoms with Crippen molar-refractivity contribution >= 4 is 26.0 Å². The number of halogens is 1. The second kappa shape index (κ2) is 6.57. The summed E-state index contributed by atoms with van der Waals surface area (Å²) in [4.78, 5) is 2.37. The van der Waals surface area contributed by atoms with Crippen LogP contribution < -0.4 is 10.5 Å². The maximum Gasteiger partial charge on any atom is 0.245 e. The minimum absolute atomic E-state index is 0.103. The van der Waals surface area contributed by atoms with Gasteiger partial charge < -0.3 is 15.1 Å². The van der Waals surface area contributed by atoms with Crippen molar-refractivity contribution in [3.63, 3.8) is 0 Å². The molecule has 0 amide bonds. The molecule has 1 atom stereocenters. The molecular weight excluding hydrogens is 346 g/mol. The average molecular weight is 366 g/mol. The highest BCUT2D eigenvalue weighted by Crippen LogP contribution is 2.26. The van der Waals surface area contributed by atoms with Crippen LogP contribution in [0, 0.1) is 0 Å². The van der Waals surface area contributed by atoms with Gasteiger partial charge in [0, 0.05) is 18.7 Å². The third kappa shape index (κ3) is 3.82. The minimum Gasteiger partial charge on any atom is -0.452 e. The number of furan rings is 1. The number of sulfonamides is 1. The molecule has 1 aliphatic heterocycles. The molecule has 0 spiro atoms. The molecule has 8 heteroatoms. The van der Waals surface area contributed by atoms with Crippen LogP contribution in [0.25, 0.3) is 0 Å². The Balaban J connectivity index is 2.03. The summed E-state index contributed by atoms with van der Waals surface area (Å²) in [6.07, 6.45) is 2.37. The summed E-state index contributed by atoms with van der Waals surface area (Å²) in [6.45, 7) is 4.83. The second-order valence-electron chi connectivity index (χ2n) is 5.08. The number of hydrogen-bond acceptors (Lipinski definition) is 5. The lowest BCUT2D eigenvalue weighted by atomic mass is 10.3. The molecule has 0 bridgehead atoms. The smallest absolute Gasteiger partial charge is 0.245 e. The summed E-state index contributed by atoms with van der Waals surface area (Å²) in [7, 11) is -3.59. The van der Waals surface area contributed by atoms with E-state index in [4.69, 9.17) is 10.2 Å². The molecule has 1 fully saturated rings. The topological polar surface area (TPSA) is 88.6 Å². The van der Waals surface area contributed by atoms with Crippen LogP contribution in [0.5, 0.6) is 0 Å². The Morgan fingerprint density at radius 2 is 2.15 bits per heavy atom. The zero-order valence-electron chi connectivity index (χ0n) is 11.4. The van der Waals surface area contributed by atoms with Gasteiger partial charge >= 0.3 is 0 Å². The van der Waals surface area contributed by atoms with E-state index in [1.807, 2.05) is 6.92 Å². The van der Waals surface area contributed by atoms with Gasteiger partial charge in [-0.15, -0.1) is 0 Å². The Morgan fingerprint density at radius 1 is 1.50 bits per heavy atom. The van der Waals surface area contributed by atoms with Crippen LogP contribution in [-0.4, -0.2) is 39.0 Å². The van der Waals surface area contributed by atoms with Crippen LogP contribution in [-0.2, 0) is 16.6 Å². The first kappa shape index (κ1) is 16.0. The number of nitrogens with one attached hydrogen (secondary N) is 1. The first-order chi connectivity index (χ1) is 9.42. The predicted molar refractivity (Wildman–Crippen MR) is 79.8 cm³/mol. The van der Waals surface area contributed by atoms with Gasteiger partial charge in [-0.05, 0) is 48.8 Å². The minimum atomic E-state index is -3.59. The van der Waals surface area contributed by atoms with Gasteiger partial charge in [0.05, 0.1) is 6.54 Å². The number of likely N-dealkylation sites (tertiary alicyclic amines) is 1. The first-order valence-electron chi connectivity index (χ1n) is 6.65. The lowest BCUT2D eigenvalue weighted by Gasteiger charge is -2.20. The van der Waals surface area contributed by atoms with Gasteiger partial charge in [-0.1, -0.05) is 0 Å². The monoisotopic (exact) mass is 365 g/mol. The van der Waals surface area contributed by atoms with Crippen molar-refractivity contribution in [2.24, 2.45) is 5.73 Å². The fraction of sp³-hybridized carbons (Fsp3) is 0.667. The van der Waals surface area contributed by atoms with Crippen molar-refractivity contribution in [1.82, 2.24) is 9.62 Å². The Hall–Kier alpha value is -0.410. The Morgan fingerprint density at radius 3 is 2.70 bits per heavy atom. The van der Waals surface area contributed by atoms with Gasteiger partial charge in [-0.25, -0.2) is 13.1 Å². The Labute approximate surface area is 127 Å². The van der Waals surface area contributed by atoms with Crippen LogP contribution in [0.15, 0.2) is 20.0 Å². The molecule has 0 aromatic carbocycles. The van der Waals surface area contributed by atoms with E-state index in [9.17, 15) is 8.42 Å². The predicted octanol–water partition coefficient (Wildman–Crippen LogP) is 1.26. The first-order valence-corrected chi connectivity index (χ1v) is 8.93. The molecule has 3 N–H and O–H groups in total. The molecule has 0 aliphatic carbocycles. The molecule has 114 valence electrons. The average Bonchev–Trinajstić information content (AvgIpc) is 2.97. The highest BCUT2D eigenvalue weighted by molar-refractivity contribution is 9.10. The molecule has 2 heterocycles. The van der Waals surface area contributed by atoms with E-state index >= 15 is 0 Å². The molecule has 1 saturated heterocycles. The van der Waals surface area contributed by atoms with Crippen LogP contribution in [0.2, 0.25) is 0 Å². The van der Waals surface area contributed by atoms with E-state index in [0.717, 1.165) is 19.6 Å². The molecule has 1 aromatic rings. The summed E-state index contributed by atoms with van der Waals surface area (Å²) in [5, 5.41) is 0. The normalized spacial score (nSPS) is 18.6. The van der Waals surface area contributed by atoms with Crippen molar-refractivity contribution in [2.75, 3.05) is 19.6 Å². The highest BCUT2D eigenvalue weighted by Gasteiger charge is 2.25. The fourth-order valence-corrected chi connectivity index (χ4v) is 4.63. The van der Waals surface area contributed by atoms with Crippen molar-refractivity contribution in [3.05, 3.63) is 16.5 Å². The summed E-state index contributed by atoms with van der Waals surface area (Å²) in [5.74, 6) is 0.435. The van der Waals surface area contributed by atoms with Gasteiger partial charge in [0.15, 0.2) is 4.67 Å². The number of hydrogen-bond donors (Lipinski definition) is 2. The fourth-order valence-electron chi connectivity index (χ4n) is 2.40. The maximum atomic E-state index is 12.3. The summed E-state index contributed by atoms with van der Waals surface area (Å²) in [6, 6.07) is 1.30. The lowest BCUT2D eigenvalue weighted by molar-refractivity contribution is 0.312. The third-order valence-electron chi connectivity index (χ3n) is 3.28. The molecule has 2 rings (SSSR count). The molecule has 20 heavy (non-hydrogen) atoms. The van der Waals surface area contributed by atoms with Crippen molar-refractivity contribution in [1.29, 1.82) is 0 Å². The summed E-state index contributed by atoms with van der Waals surface area (Å²) >= 11 is 3.12. The molecule has 1 unspecified atom stereocenters. The van der Waals surface area contributed by atoms with E-state index < -0.39 is 10.0 Å². The highest BCUT2D eigenvalue weighted by atomic mass is 79.9. The van der Waals surface area contributed by atoms with E-state index in [1.165, 1.54) is 18.9 Å². The number of nitrogens with zero attached hydrogens (tertiary/aromatic N) is 1. The van der Waals surface area contributed by atoms with Crippen molar-refractivity contribution in [3.8, 4) is 0 Å². The van der Waals surface area contributed by atoms with Crippen LogP contribution in [0.4, 0.5) is 0 Å². The molecule has 0 saturated carbocycles. The summed E-state index contributed by atoms with van der Waals surface area (Å²) in [5.41, 5.74) is 5.45. The van der Waals surface area contributed by atoms with E-state index in [2.05, 4.69) is 25.6 Å². The standard InChI is InChI=1S/C12H20BrN3O3S/c1-9(8-16-4-2-3-5-16)15-20(17,18)11-6-10(7-14)19-12(11)13/h6,9,15H,2-5,7-8,14H2,1H3. The lowest BCUT2D eigenvalue weighted by Crippen LogP contribution is -2.41. The number of nitrogens with two attached hydrogens (primary N) is 1. The van der Waals surface area contributed by atoms with Gasteiger partial charge in [0.1, 0.15) is 10.7 Å². The summed E-state index contributed by atoms with van der Waals surface area (Å²) < 4.78 is 32.7. The van der Waals surface area contributed by atoms with Crippen LogP contribution >= 0.6 is 15.9 Å². The third-order valence-corrected chi connectivity index (χ3v) is 5.73. The zero-order valence-corrected chi connectivity index (χ0v) is 13.8. The van der Waals surface area contributed by atoms with Gasteiger partial charge in [-0.3, -0.25) is 0 Å². The van der Waals surface area contributed by atoms with Crippen LogP contribution in [0.3, 0.4) is 0 Å². The van der Waals surface area contributed by atoms with E-state index in [0.29, 0.717) is 5.76 Å². The van der Waals surface area contributed by atoms with E-state index in [1.54, 1.807) is 0 Å². The molecule has 1 aliphatic rings. The van der Waals surface area contributed by atoms with E-state index in [-0.39, 0.29) is 22.2 Å². The molecule has 0 radical (unpaired) electrons. The van der Waals surface area contributed by atoms with Gasteiger partial charge in [0.25, 0.3) is 0 Å². The Kier molecular flexibility index (Phi) is 5.25. The number of rotatable bonds is 6. The van der Waals surface area contributed by atoms with Crippen molar-refractivity contribution in [2.45, 2.75) is 37.2 Å². The molecule has 6 nitrogen and oxygen atoms in total. The maximum absolute atomic E-state index is 12.3. The van der Waals surface area contributed by atoms with Gasteiger partial charge in [0.2, 0.25) is 10.0 Å². The Bertz CT molecular complexity index is 552. The molecule has 1 aromatic heterocycles. The zero-order chi connectivity index (χ0) is 14.8. The van der Waals surface area contributed by atoms with Crippen molar-refractivity contribution < 1.29 is 12.8 Å². The quantitative estimate of drug-likeness (QED) is 0.792. The second-order valence-corrected chi connectivity index (χ2v) is 7.49. The van der Waals surface area contributed by atoms with Crippen LogP contribution in [0.1, 0.15) is 25.5 Å². The molecular formula is C12H20BrN3O3S.